The number of rotatable bonds is 5. The molecule has 0 spiro atoms. The Morgan fingerprint density at radius 1 is 1.04 bits per heavy atom. The molecule has 0 bridgehead atoms. The van der Waals surface area contributed by atoms with Crippen LogP contribution in [0.5, 0.6) is 0 Å². The fourth-order valence-corrected chi connectivity index (χ4v) is 3.68. The second-order valence-electron chi connectivity index (χ2n) is 6.66. The van der Waals surface area contributed by atoms with Gasteiger partial charge in [0.05, 0.1) is 37.1 Å². The van der Waals surface area contributed by atoms with Crippen molar-refractivity contribution in [1.29, 1.82) is 0 Å². The van der Waals surface area contributed by atoms with Crippen LogP contribution in [0.3, 0.4) is 0 Å². The SMILES string of the molecule is O=C(O)C1=COC(OC2OC(CO)C(O)C(O)C2O)[C@@H]2C(CO)=CC(O)[C@@H]12. The Labute approximate surface area is 153 Å². The normalized spacial score (nSPS) is 44.1. The summed E-state index contributed by atoms with van der Waals surface area (Å²) in [5, 5.41) is 68.0. The number of carboxylic acid groups (broad SMARTS) is 1. The monoisotopic (exact) mass is 390 g/mol. The van der Waals surface area contributed by atoms with Crippen LogP contribution in [0.15, 0.2) is 23.5 Å². The Bertz CT molecular complexity index is 630. The molecule has 3 aliphatic rings. The Kier molecular flexibility index (Phi) is 5.84. The number of fused-ring (bicyclic) bond motifs is 1. The van der Waals surface area contributed by atoms with Crippen LogP contribution in [0.2, 0.25) is 0 Å². The zero-order valence-electron chi connectivity index (χ0n) is 14.0. The maximum Gasteiger partial charge on any atom is 0.335 e. The Morgan fingerprint density at radius 3 is 2.33 bits per heavy atom. The largest absolute Gasteiger partial charge is 0.478 e. The van der Waals surface area contributed by atoms with Crippen molar-refractivity contribution in [2.45, 2.75) is 43.1 Å². The molecule has 0 saturated carbocycles. The number of aliphatic hydroxyl groups is 6. The first-order valence-electron chi connectivity index (χ1n) is 8.34. The van der Waals surface area contributed by atoms with Crippen LogP contribution in [0.25, 0.3) is 0 Å². The molecule has 3 rings (SSSR count). The molecule has 11 heteroatoms. The van der Waals surface area contributed by atoms with Gasteiger partial charge in [0.2, 0.25) is 6.29 Å². The molecule has 7 unspecified atom stereocenters. The van der Waals surface area contributed by atoms with Gasteiger partial charge in [-0.1, -0.05) is 6.08 Å². The van der Waals surface area contributed by atoms with E-state index in [1.807, 2.05) is 0 Å². The number of carboxylic acids is 1. The van der Waals surface area contributed by atoms with Crippen molar-refractivity contribution in [1.82, 2.24) is 0 Å². The summed E-state index contributed by atoms with van der Waals surface area (Å²) in [4.78, 5) is 11.4. The number of aliphatic carboxylic acids is 1. The highest BCUT2D eigenvalue weighted by atomic mass is 16.8. The average molecular weight is 390 g/mol. The van der Waals surface area contributed by atoms with Gasteiger partial charge in [-0.05, 0) is 5.57 Å². The second-order valence-corrected chi connectivity index (χ2v) is 6.66. The topological polar surface area (TPSA) is 186 Å². The Morgan fingerprint density at radius 2 is 1.74 bits per heavy atom. The number of ether oxygens (including phenoxy) is 3. The van der Waals surface area contributed by atoms with E-state index in [1.165, 1.54) is 6.08 Å². The van der Waals surface area contributed by atoms with E-state index in [0.717, 1.165) is 6.26 Å². The van der Waals surface area contributed by atoms with Gasteiger partial charge in [-0.15, -0.1) is 0 Å². The highest BCUT2D eigenvalue weighted by molar-refractivity contribution is 5.87. The first-order valence-corrected chi connectivity index (χ1v) is 8.34. The minimum atomic E-state index is -1.68. The molecule has 0 aromatic rings. The van der Waals surface area contributed by atoms with Gasteiger partial charge in [-0.25, -0.2) is 4.79 Å². The Balaban J connectivity index is 1.84. The van der Waals surface area contributed by atoms with Gasteiger partial charge in [0.1, 0.15) is 24.4 Å². The van der Waals surface area contributed by atoms with Crippen LogP contribution in [-0.2, 0) is 19.0 Å². The van der Waals surface area contributed by atoms with Gasteiger partial charge in [-0.3, -0.25) is 0 Å². The lowest BCUT2D eigenvalue weighted by Gasteiger charge is -2.43. The van der Waals surface area contributed by atoms with E-state index in [-0.39, 0.29) is 11.1 Å². The first-order chi connectivity index (χ1) is 12.8. The molecule has 2 heterocycles. The molecule has 0 aromatic heterocycles. The van der Waals surface area contributed by atoms with Gasteiger partial charge in [0.15, 0.2) is 6.29 Å². The fourth-order valence-electron chi connectivity index (χ4n) is 3.68. The van der Waals surface area contributed by atoms with Gasteiger partial charge in [0.25, 0.3) is 0 Å². The molecule has 0 amide bonds. The maximum atomic E-state index is 11.4. The third-order valence-electron chi connectivity index (χ3n) is 5.10. The van der Waals surface area contributed by atoms with E-state index < -0.39 is 74.1 Å². The molecule has 1 fully saturated rings. The van der Waals surface area contributed by atoms with Gasteiger partial charge in [0, 0.05) is 5.92 Å². The molecule has 1 saturated heterocycles. The molecule has 0 aromatic carbocycles. The smallest absolute Gasteiger partial charge is 0.335 e. The van der Waals surface area contributed by atoms with E-state index in [0.29, 0.717) is 0 Å². The van der Waals surface area contributed by atoms with Gasteiger partial charge < -0.3 is 50.0 Å². The van der Waals surface area contributed by atoms with Crippen molar-refractivity contribution in [2.75, 3.05) is 13.2 Å². The first kappa shape index (κ1) is 20.2. The molecule has 7 N–H and O–H groups in total. The fraction of sp³-hybridized carbons (Fsp3) is 0.688. The third kappa shape index (κ3) is 3.48. The lowest BCUT2D eigenvalue weighted by Crippen LogP contribution is -2.60. The molecule has 0 radical (unpaired) electrons. The van der Waals surface area contributed by atoms with Crippen LogP contribution in [0, 0.1) is 11.8 Å². The molecular weight excluding hydrogens is 368 g/mol. The summed E-state index contributed by atoms with van der Waals surface area (Å²) in [5.74, 6) is -3.13. The third-order valence-corrected chi connectivity index (χ3v) is 5.10. The van der Waals surface area contributed by atoms with Crippen molar-refractivity contribution in [2.24, 2.45) is 11.8 Å². The molecule has 1 aliphatic carbocycles. The van der Waals surface area contributed by atoms with Crippen LogP contribution in [0.4, 0.5) is 0 Å². The predicted octanol–water partition coefficient (Wildman–Crippen LogP) is -3.35. The van der Waals surface area contributed by atoms with E-state index in [1.54, 1.807) is 0 Å². The van der Waals surface area contributed by atoms with Crippen LogP contribution in [0.1, 0.15) is 0 Å². The predicted molar refractivity (Wildman–Crippen MR) is 83.6 cm³/mol. The van der Waals surface area contributed by atoms with E-state index in [9.17, 15) is 40.5 Å². The van der Waals surface area contributed by atoms with Gasteiger partial charge >= 0.3 is 5.97 Å². The lowest BCUT2D eigenvalue weighted by atomic mass is 9.82. The summed E-state index contributed by atoms with van der Waals surface area (Å²) in [6.45, 7) is -1.13. The summed E-state index contributed by atoms with van der Waals surface area (Å²) in [7, 11) is 0. The van der Waals surface area contributed by atoms with E-state index in [4.69, 9.17) is 14.2 Å². The number of hydrogen-bond acceptors (Lipinski definition) is 10. The maximum absolute atomic E-state index is 11.4. The number of hydrogen-bond donors (Lipinski definition) is 7. The van der Waals surface area contributed by atoms with Crippen molar-refractivity contribution < 1.29 is 54.8 Å². The number of carbonyl (C=O) groups is 1. The van der Waals surface area contributed by atoms with E-state index >= 15 is 0 Å². The summed E-state index contributed by atoms with van der Waals surface area (Å²) in [5.41, 5.74) is 0.0785. The molecular formula is C16H22O11. The summed E-state index contributed by atoms with van der Waals surface area (Å²) in [6.07, 6.45) is -7.83. The standard InChI is InChI=1S/C16H22O11/c17-2-5-1-7(19)10-6(14(23)24)4-25-15(9(5)10)27-16-13(22)12(21)11(20)8(3-18)26-16/h1,4,7-13,15-22H,2-3H2,(H,23,24)/t7?,8?,9-,10-,11?,12?,13?,15?,16?/m1/s1. The van der Waals surface area contributed by atoms with Crippen LogP contribution < -0.4 is 0 Å². The quantitative estimate of drug-likeness (QED) is 0.233. The van der Waals surface area contributed by atoms with Crippen molar-refractivity contribution in [3.05, 3.63) is 23.5 Å². The van der Waals surface area contributed by atoms with Gasteiger partial charge in [-0.2, -0.15) is 0 Å². The highest BCUT2D eigenvalue weighted by Crippen LogP contribution is 2.44. The molecule has 152 valence electrons. The zero-order chi connectivity index (χ0) is 19.9. The van der Waals surface area contributed by atoms with Crippen molar-refractivity contribution in [3.63, 3.8) is 0 Å². The molecule has 27 heavy (non-hydrogen) atoms. The minimum absolute atomic E-state index is 0.208. The summed E-state index contributed by atoms with van der Waals surface area (Å²) in [6, 6.07) is 0. The summed E-state index contributed by atoms with van der Waals surface area (Å²) >= 11 is 0. The molecule has 2 aliphatic heterocycles. The van der Waals surface area contributed by atoms with Crippen LogP contribution >= 0.6 is 0 Å². The number of aliphatic hydroxyl groups excluding tert-OH is 6. The second kappa shape index (κ2) is 7.81. The average Bonchev–Trinajstić information content (AvgIpc) is 2.99. The molecule has 11 nitrogen and oxygen atoms in total. The van der Waals surface area contributed by atoms with Crippen molar-refractivity contribution in [3.8, 4) is 0 Å². The Hall–Kier alpha value is -1.57. The zero-order valence-corrected chi connectivity index (χ0v) is 14.0. The molecule has 9 atom stereocenters. The van der Waals surface area contributed by atoms with E-state index in [2.05, 4.69) is 0 Å². The van der Waals surface area contributed by atoms with Crippen molar-refractivity contribution >= 4 is 5.97 Å². The lowest BCUT2D eigenvalue weighted by molar-refractivity contribution is -0.340. The minimum Gasteiger partial charge on any atom is -0.478 e. The van der Waals surface area contributed by atoms with Crippen LogP contribution in [-0.4, -0.2) is 98.0 Å². The summed E-state index contributed by atoms with van der Waals surface area (Å²) < 4.78 is 16.1. The highest BCUT2D eigenvalue weighted by Gasteiger charge is 2.51.